The van der Waals surface area contributed by atoms with Gasteiger partial charge < -0.3 is 14.4 Å². The van der Waals surface area contributed by atoms with Crippen molar-refractivity contribution in [1.82, 2.24) is 4.90 Å². The van der Waals surface area contributed by atoms with Crippen molar-refractivity contribution in [2.24, 2.45) is 0 Å². The van der Waals surface area contributed by atoms with Gasteiger partial charge in [-0.1, -0.05) is 0 Å². The molecule has 1 unspecified atom stereocenters. The zero-order chi connectivity index (χ0) is 15.4. The first-order valence-electron chi connectivity index (χ1n) is 6.76. The van der Waals surface area contributed by atoms with Crippen molar-refractivity contribution in [3.8, 4) is 6.07 Å². The molecule has 2 aliphatic rings. The summed E-state index contributed by atoms with van der Waals surface area (Å²) in [6, 6.07) is 2.22. The number of rotatable bonds is 3. The summed E-state index contributed by atoms with van der Waals surface area (Å²) in [6.45, 7) is 1.72. The summed E-state index contributed by atoms with van der Waals surface area (Å²) in [6.07, 6.45) is 2.71. The number of esters is 2. The molecule has 1 atom stereocenters. The van der Waals surface area contributed by atoms with Gasteiger partial charge in [-0.3, -0.25) is 0 Å². The van der Waals surface area contributed by atoms with E-state index in [1.165, 1.54) is 14.2 Å². The van der Waals surface area contributed by atoms with Gasteiger partial charge in [0, 0.05) is 13.1 Å². The number of hydrogen-bond acceptors (Lipinski definition) is 6. The lowest BCUT2D eigenvalue weighted by Gasteiger charge is -2.23. The first kappa shape index (κ1) is 15.6. The van der Waals surface area contributed by atoms with Crippen LogP contribution in [0.15, 0.2) is 10.6 Å². The minimum atomic E-state index is -0.732. The Hall–Kier alpha value is -1.81. The van der Waals surface area contributed by atoms with Gasteiger partial charge in [-0.2, -0.15) is 5.26 Å². The Morgan fingerprint density at radius 3 is 2.24 bits per heavy atom. The molecule has 0 N–H and O–H groups in total. The summed E-state index contributed by atoms with van der Waals surface area (Å²) >= 11 is 0. The van der Waals surface area contributed by atoms with Crippen LogP contribution in [0.2, 0.25) is 0 Å². The smallest absolute Gasteiger partial charge is 0.351 e. The predicted octanol–water partition coefficient (Wildman–Crippen LogP) is 1.01. The van der Waals surface area contributed by atoms with Crippen LogP contribution in [0.5, 0.6) is 0 Å². The fourth-order valence-corrected chi connectivity index (χ4v) is 5.10. The Kier molecular flexibility index (Phi) is 5.02. The Balaban J connectivity index is 2.55. The highest BCUT2D eigenvalue weighted by Crippen LogP contribution is 2.42. The van der Waals surface area contributed by atoms with Gasteiger partial charge in [-0.05, 0) is 25.0 Å². The number of hydrogen-bond donors (Lipinski definition) is 0. The maximum atomic E-state index is 12.0. The van der Waals surface area contributed by atoms with E-state index in [0.29, 0.717) is 17.7 Å². The molecule has 2 heterocycles. The van der Waals surface area contributed by atoms with Gasteiger partial charge in [-0.15, -0.1) is 10.5 Å². The highest BCUT2D eigenvalue weighted by atomic mass is 32.2. The van der Waals surface area contributed by atoms with Gasteiger partial charge in [-0.25, -0.2) is 9.59 Å². The molecular weight excluding hydrogens is 292 g/mol. The molecule has 114 valence electrons. The van der Waals surface area contributed by atoms with Crippen molar-refractivity contribution in [3.63, 3.8) is 0 Å². The Morgan fingerprint density at radius 1 is 1.19 bits per heavy atom. The summed E-state index contributed by atoms with van der Waals surface area (Å²) in [4.78, 5) is 26.1. The Bertz CT molecular complexity index is 550. The molecule has 0 radical (unpaired) electrons. The summed E-state index contributed by atoms with van der Waals surface area (Å²) in [5, 5.41) is 10.2. The zero-order valence-electron chi connectivity index (χ0n) is 12.2. The molecule has 0 bridgehead atoms. The van der Waals surface area contributed by atoms with E-state index in [1.807, 2.05) is 0 Å². The molecule has 0 aromatic rings. The van der Waals surface area contributed by atoms with Crippen molar-refractivity contribution >= 4 is 27.3 Å². The van der Waals surface area contributed by atoms with Crippen molar-refractivity contribution in [2.45, 2.75) is 19.3 Å². The van der Waals surface area contributed by atoms with Crippen molar-refractivity contribution in [2.75, 3.05) is 33.1 Å². The first-order valence-corrected chi connectivity index (χ1v) is 8.16. The van der Waals surface area contributed by atoms with Crippen LogP contribution in [0.3, 0.4) is 0 Å². The molecule has 0 aliphatic carbocycles. The summed E-state index contributed by atoms with van der Waals surface area (Å²) < 4.78 is 9.47. The average Bonchev–Trinajstić information content (AvgIpc) is 3.15. The second kappa shape index (κ2) is 6.76. The van der Waals surface area contributed by atoms with E-state index in [2.05, 4.69) is 11.0 Å². The van der Waals surface area contributed by atoms with E-state index in [0.717, 1.165) is 31.0 Å². The fourth-order valence-electron chi connectivity index (χ4n) is 2.60. The second-order valence-electron chi connectivity index (χ2n) is 4.75. The normalized spacial score (nSPS) is 21.2. The number of carbonyl (C=O) groups excluding carboxylic acids is 2. The lowest BCUT2D eigenvalue weighted by molar-refractivity contribution is -0.137. The molecule has 1 saturated heterocycles. The van der Waals surface area contributed by atoms with E-state index in [-0.39, 0.29) is 4.86 Å². The molecule has 21 heavy (non-hydrogen) atoms. The molecule has 1 fully saturated rings. The molecule has 0 amide bonds. The average molecular weight is 310 g/mol. The lowest BCUT2D eigenvalue weighted by atomic mass is 10.2. The molecule has 0 aromatic carbocycles. The Morgan fingerprint density at radius 2 is 1.76 bits per heavy atom. The van der Waals surface area contributed by atoms with Gasteiger partial charge in [0.15, 0.2) is 4.86 Å². The van der Waals surface area contributed by atoms with Crippen LogP contribution >= 0.6 is 10.5 Å². The fraction of sp³-hybridized carbons (Fsp3) is 0.571. The van der Waals surface area contributed by atoms with Crippen LogP contribution in [0.4, 0.5) is 0 Å². The number of nitrogens with zero attached hydrogens (tertiary/aromatic N) is 2. The molecule has 2 aliphatic heterocycles. The molecular formula is C14H18N2O4S. The monoisotopic (exact) mass is 310 g/mol. The number of nitriles is 1. The van der Waals surface area contributed by atoms with Crippen molar-refractivity contribution in [1.29, 1.82) is 5.26 Å². The minimum Gasteiger partial charge on any atom is -0.465 e. The van der Waals surface area contributed by atoms with Crippen LogP contribution in [-0.2, 0) is 19.1 Å². The van der Waals surface area contributed by atoms with E-state index in [4.69, 9.17) is 9.47 Å². The number of methoxy groups -OCH3 is 2. The highest BCUT2D eigenvalue weighted by Gasteiger charge is 2.33. The molecule has 0 spiro atoms. The van der Waals surface area contributed by atoms with E-state index >= 15 is 0 Å². The molecule has 7 heteroatoms. The van der Waals surface area contributed by atoms with Crippen LogP contribution in [0, 0.1) is 11.3 Å². The summed E-state index contributed by atoms with van der Waals surface area (Å²) in [7, 11) is 1.76. The summed E-state index contributed by atoms with van der Waals surface area (Å²) in [5.74, 6) is -0.740. The van der Waals surface area contributed by atoms with Gasteiger partial charge in [0.1, 0.15) is 0 Å². The maximum absolute atomic E-state index is 12.0. The minimum absolute atomic E-state index is 0.0205. The third kappa shape index (κ3) is 2.95. The third-order valence-electron chi connectivity index (χ3n) is 3.56. The predicted molar refractivity (Wildman–Crippen MR) is 79.6 cm³/mol. The van der Waals surface area contributed by atoms with Gasteiger partial charge in [0.25, 0.3) is 0 Å². The summed E-state index contributed by atoms with van der Waals surface area (Å²) in [5.41, 5.74) is 0.672. The number of allylic oxidation sites excluding steroid dienone is 1. The standard InChI is InChI=1S/C14H18N2O4S/c1-19-13(17)11(14(18)20-2)21-8-5-10(9-15)12(21)16-6-3-4-7-16/h3-8H2,1-2H3. The van der Waals surface area contributed by atoms with Crippen LogP contribution in [0.25, 0.3) is 0 Å². The number of ether oxygens (including phenoxy) is 2. The van der Waals surface area contributed by atoms with Gasteiger partial charge >= 0.3 is 11.9 Å². The SMILES string of the molecule is COC(=O)C(C(=O)OC)=S1CCC(C#N)=C1N1CCCC1. The topological polar surface area (TPSA) is 79.6 Å². The van der Waals surface area contributed by atoms with Crippen LogP contribution in [0.1, 0.15) is 19.3 Å². The van der Waals surface area contributed by atoms with Gasteiger partial charge in [0.2, 0.25) is 0 Å². The number of likely N-dealkylation sites (tertiary alicyclic amines) is 1. The lowest BCUT2D eigenvalue weighted by Crippen LogP contribution is -2.29. The maximum Gasteiger partial charge on any atom is 0.351 e. The molecule has 2 rings (SSSR count). The van der Waals surface area contributed by atoms with Crippen LogP contribution in [-0.4, -0.2) is 54.8 Å². The Labute approximate surface area is 126 Å². The van der Waals surface area contributed by atoms with Gasteiger partial charge in [0.05, 0.1) is 30.9 Å². The number of carbonyl (C=O) groups is 2. The zero-order valence-corrected chi connectivity index (χ0v) is 13.0. The van der Waals surface area contributed by atoms with E-state index < -0.39 is 22.4 Å². The van der Waals surface area contributed by atoms with E-state index in [9.17, 15) is 14.9 Å². The van der Waals surface area contributed by atoms with Crippen molar-refractivity contribution in [3.05, 3.63) is 10.6 Å². The highest BCUT2D eigenvalue weighted by molar-refractivity contribution is 8.21. The van der Waals surface area contributed by atoms with Crippen molar-refractivity contribution < 1.29 is 19.1 Å². The first-order chi connectivity index (χ1) is 10.1. The largest absolute Gasteiger partial charge is 0.465 e. The molecule has 6 nitrogen and oxygen atoms in total. The second-order valence-corrected chi connectivity index (χ2v) is 6.73. The molecule has 0 aromatic heterocycles. The molecule has 0 saturated carbocycles. The van der Waals surface area contributed by atoms with E-state index in [1.54, 1.807) is 0 Å². The quantitative estimate of drug-likeness (QED) is 0.440. The van der Waals surface area contributed by atoms with Crippen LogP contribution < -0.4 is 0 Å². The third-order valence-corrected chi connectivity index (χ3v) is 5.97.